The zero-order valence-electron chi connectivity index (χ0n) is 5.70. The lowest BCUT2D eigenvalue weighted by atomic mass is 10.3. The largest absolute Gasteiger partial charge is 0.496 e. The van der Waals surface area contributed by atoms with Crippen LogP contribution in [0.2, 0.25) is 5.02 Å². The predicted molar refractivity (Wildman–Crippen MR) is 63.4 cm³/mol. The Hall–Kier alpha value is 0.770. The minimum atomic E-state index is 0.774. The van der Waals surface area contributed by atoms with Crippen LogP contribution in [0.4, 0.5) is 0 Å². The van der Waals surface area contributed by atoms with Crippen LogP contribution in [0.3, 0.4) is 0 Å². The Morgan fingerprint density at radius 3 is 2.45 bits per heavy atom. The molecule has 0 aliphatic carbocycles. The summed E-state index contributed by atoms with van der Waals surface area (Å²) in [5, 5.41) is 0.774. The Morgan fingerprint density at radius 2 is 1.91 bits per heavy atom. The molecule has 0 atom stereocenters. The van der Waals surface area contributed by atoms with E-state index in [1.54, 1.807) is 7.11 Å². The van der Waals surface area contributed by atoms with Gasteiger partial charge in [0, 0.05) is 3.57 Å². The van der Waals surface area contributed by atoms with Crippen LogP contribution in [0.5, 0.6) is 5.75 Å². The summed E-state index contributed by atoms with van der Waals surface area (Å²) in [6.07, 6.45) is 0. The molecule has 0 aromatic heterocycles. The fourth-order valence-corrected chi connectivity index (χ4v) is 2.12. The van der Waals surface area contributed by atoms with Crippen molar-refractivity contribution in [3.63, 3.8) is 0 Å². The summed E-state index contributed by atoms with van der Waals surface area (Å²) in [7, 11) is 1.65. The summed E-state index contributed by atoms with van der Waals surface area (Å²) in [5.41, 5.74) is 0. The fourth-order valence-electron chi connectivity index (χ4n) is 0.666. The Labute approximate surface area is 97.7 Å². The van der Waals surface area contributed by atoms with Crippen molar-refractivity contribution in [2.75, 3.05) is 7.11 Å². The van der Waals surface area contributed by atoms with E-state index >= 15 is 0 Å². The Bertz CT molecular complexity index is 275. The molecule has 4 heteroatoms. The topological polar surface area (TPSA) is 9.23 Å². The van der Waals surface area contributed by atoms with Crippen molar-refractivity contribution in [3.05, 3.63) is 24.3 Å². The second-order valence-electron chi connectivity index (χ2n) is 1.88. The Morgan fingerprint density at radius 1 is 1.27 bits per heavy atom. The van der Waals surface area contributed by atoms with Crippen molar-refractivity contribution >= 4 is 56.8 Å². The summed E-state index contributed by atoms with van der Waals surface area (Å²) in [6.45, 7) is 0. The molecular weight excluding hydrogens is 389 g/mol. The van der Waals surface area contributed by atoms with Crippen molar-refractivity contribution in [2.45, 2.75) is 0 Å². The van der Waals surface area contributed by atoms with Gasteiger partial charge in [-0.1, -0.05) is 11.6 Å². The lowest BCUT2D eigenvalue weighted by Gasteiger charge is -2.05. The molecule has 0 spiro atoms. The minimum absolute atomic E-state index is 0.774. The lowest BCUT2D eigenvalue weighted by molar-refractivity contribution is 0.411. The molecule has 0 radical (unpaired) electrons. The van der Waals surface area contributed by atoms with Gasteiger partial charge in [-0.3, -0.25) is 0 Å². The van der Waals surface area contributed by atoms with E-state index in [-0.39, 0.29) is 0 Å². The van der Waals surface area contributed by atoms with Gasteiger partial charge in [0.25, 0.3) is 0 Å². The van der Waals surface area contributed by atoms with E-state index < -0.39 is 0 Å². The van der Waals surface area contributed by atoms with Gasteiger partial charge in [-0.05, 0) is 57.3 Å². The molecule has 11 heavy (non-hydrogen) atoms. The van der Waals surface area contributed by atoms with Gasteiger partial charge in [0.1, 0.15) is 5.75 Å². The Balaban J connectivity index is 3.25. The van der Waals surface area contributed by atoms with Crippen LogP contribution in [-0.4, -0.2) is 7.11 Å². The van der Waals surface area contributed by atoms with E-state index in [0.717, 1.165) is 17.9 Å². The zero-order valence-corrected chi connectivity index (χ0v) is 10.8. The van der Waals surface area contributed by atoms with Gasteiger partial charge in [0.2, 0.25) is 0 Å². The van der Waals surface area contributed by atoms with Crippen LogP contribution in [0.15, 0.2) is 12.1 Å². The van der Waals surface area contributed by atoms with Gasteiger partial charge in [0.15, 0.2) is 0 Å². The van der Waals surface area contributed by atoms with E-state index in [9.17, 15) is 0 Å². The quantitative estimate of drug-likeness (QED) is 0.523. The number of benzene rings is 1. The summed E-state index contributed by atoms with van der Waals surface area (Å²) in [6, 6.07) is 3.70. The molecular formula is C7H5ClI2O. The summed E-state index contributed by atoms with van der Waals surface area (Å²) < 4.78 is 7.22. The van der Waals surface area contributed by atoms with Gasteiger partial charge >= 0.3 is 0 Å². The first-order chi connectivity index (χ1) is 5.16. The number of methoxy groups -OCH3 is 1. The van der Waals surface area contributed by atoms with Gasteiger partial charge in [0.05, 0.1) is 15.7 Å². The van der Waals surface area contributed by atoms with Crippen molar-refractivity contribution in [1.82, 2.24) is 0 Å². The molecule has 1 rings (SSSR count). The van der Waals surface area contributed by atoms with Crippen molar-refractivity contribution in [3.8, 4) is 5.75 Å². The molecule has 0 saturated carbocycles. The van der Waals surface area contributed by atoms with Crippen LogP contribution in [0.25, 0.3) is 0 Å². The lowest BCUT2D eigenvalue weighted by Crippen LogP contribution is -1.89. The molecule has 0 unspecified atom stereocenters. The van der Waals surface area contributed by atoms with Crippen molar-refractivity contribution in [1.29, 1.82) is 0 Å². The maximum Gasteiger partial charge on any atom is 0.133 e. The number of rotatable bonds is 1. The molecule has 1 aromatic rings. The number of hydrogen-bond donors (Lipinski definition) is 0. The molecule has 1 aromatic carbocycles. The molecule has 0 amide bonds. The first-order valence-corrected chi connectivity index (χ1v) is 5.38. The predicted octanol–water partition coefficient (Wildman–Crippen LogP) is 3.56. The van der Waals surface area contributed by atoms with Crippen LogP contribution in [0.1, 0.15) is 0 Å². The molecule has 0 aliphatic heterocycles. The van der Waals surface area contributed by atoms with Gasteiger partial charge in [-0.15, -0.1) is 0 Å². The average Bonchev–Trinajstić information content (AvgIpc) is 2.01. The van der Waals surface area contributed by atoms with E-state index in [1.165, 1.54) is 0 Å². The highest BCUT2D eigenvalue weighted by Crippen LogP contribution is 2.30. The van der Waals surface area contributed by atoms with E-state index in [1.807, 2.05) is 12.1 Å². The average molecular weight is 394 g/mol. The molecule has 60 valence electrons. The maximum absolute atomic E-state index is 5.88. The third-order valence-corrected chi connectivity index (χ3v) is 5.08. The number of hydrogen-bond acceptors (Lipinski definition) is 1. The molecule has 1 nitrogen and oxygen atoms in total. The maximum atomic E-state index is 5.88. The summed E-state index contributed by atoms with van der Waals surface area (Å²) in [4.78, 5) is 0. The van der Waals surface area contributed by atoms with Gasteiger partial charge in [-0.2, -0.15) is 0 Å². The third-order valence-electron chi connectivity index (χ3n) is 1.22. The van der Waals surface area contributed by atoms with Crippen LogP contribution >= 0.6 is 56.8 Å². The third kappa shape index (κ3) is 2.12. The highest BCUT2D eigenvalue weighted by Gasteiger charge is 2.06. The van der Waals surface area contributed by atoms with E-state index in [4.69, 9.17) is 16.3 Å². The normalized spacial score (nSPS) is 9.82. The second-order valence-corrected chi connectivity index (χ2v) is 4.44. The fraction of sp³-hybridized carbons (Fsp3) is 0.143. The zero-order chi connectivity index (χ0) is 8.43. The van der Waals surface area contributed by atoms with Crippen LogP contribution in [0, 0.1) is 7.14 Å². The van der Waals surface area contributed by atoms with E-state index in [2.05, 4.69) is 45.2 Å². The molecule has 0 bridgehead atoms. The number of halogens is 3. The molecule has 0 fully saturated rings. The van der Waals surface area contributed by atoms with Crippen molar-refractivity contribution in [2.24, 2.45) is 0 Å². The first-order valence-electron chi connectivity index (χ1n) is 2.84. The van der Waals surface area contributed by atoms with Crippen LogP contribution < -0.4 is 4.74 Å². The minimum Gasteiger partial charge on any atom is -0.496 e. The summed E-state index contributed by atoms with van der Waals surface area (Å²) in [5.74, 6) is 0.874. The van der Waals surface area contributed by atoms with Crippen molar-refractivity contribution < 1.29 is 4.74 Å². The highest BCUT2D eigenvalue weighted by molar-refractivity contribution is 14.1. The van der Waals surface area contributed by atoms with E-state index in [0.29, 0.717) is 0 Å². The molecule has 0 N–H and O–H groups in total. The second kappa shape index (κ2) is 4.13. The first kappa shape index (κ1) is 9.85. The standard InChI is InChI=1S/C7H5ClI2O/c1-11-5-3-2-4(8)6(9)7(5)10/h2-3H,1H3. The van der Waals surface area contributed by atoms with Gasteiger partial charge in [-0.25, -0.2) is 0 Å². The monoisotopic (exact) mass is 394 g/mol. The summed E-state index contributed by atoms with van der Waals surface area (Å²) >= 11 is 10.3. The Kier molecular flexibility index (Phi) is 3.70. The smallest absolute Gasteiger partial charge is 0.133 e. The molecule has 0 aliphatic rings. The number of ether oxygens (including phenoxy) is 1. The highest BCUT2D eigenvalue weighted by atomic mass is 127. The molecule has 0 heterocycles. The van der Waals surface area contributed by atoms with Gasteiger partial charge < -0.3 is 4.74 Å². The van der Waals surface area contributed by atoms with Crippen LogP contribution in [-0.2, 0) is 0 Å². The SMILES string of the molecule is COc1ccc(Cl)c(I)c1I. The molecule has 0 saturated heterocycles.